The molecule has 0 bridgehead atoms. The fourth-order valence-electron chi connectivity index (χ4n) is 3.02. The lowest BCUT2D eigenvalue weighted by atomic mass is 10.2. The Labute approximate surface area is 177 Å². The fraction of sp³-hybridized carbons (Fsp3) is 0.350. The predicted molar refractivity (Wildman–Crippen MR) is 122 cm³/mol. The number of hydrogen-bond donors (Lipinski definition) is 2. The summed E-state index contributed by atoms with van der Waals surface area (Å²) in [4.78, 5) is 9.00. The van der Waals surface area contributed by atoms with Crippen LogP contribution in [0.1, 0.15) is 22.6 Å². The highest BCUT2D eigenvalue weighted by molar-refractivity contribution is 14.0. The smallest absolute Gasteiger partial charge is 0.191 e. The van der Waals surface area contributed by atoms with Crippen molar-refractivity contribution in [3.05, 3.63) is 59.0 Å². The molecule has 0 atom stereocenters. The van der Waals surface area contributed by atoms with Crippen molar-refractivity contribution in [1.82, 2.24) is 25.4 Å². The molecule has 27 heavy (non-hydrogen) atoms. The van der Waals surface area contributed by atoms with Crippen LogP contribution in [0.3, 0.4) is 0 Å². The molecular formula is C20H27IN6. The van der Waals surface area contributed by atoms with Gasteiger partial charge in [0.15, 0.2) is 5.96 Å². The van der Waals surface area contributed by atoms with Gasteiger partial charge >= 0.3 is 0 Å². The Balaban J connectivity index is 0.00000261. The van der Waals surface area contributed by atoms with Gasteiger partial charge in [-0.05, 0) is 26.0 Å². The van der Waals surface area contributed by atoms with E-state index in [1.54, 1.807) is 7.05 Å². The van der Waals surface area contributed by atoms with Gasteiger partial charge < -0.3 is 10.6 Å². The number of hydrogen-bond acceptors (Lipinski definition) is 3. The highest BCUT2D eigenvalue weighted by Gasteiger charge is 2.09. The summed E-state index contributed by atoms with van der Waals surface area (Å²) in [7, 11) is 3.75. The van der Waals surface area contributed by atoms with Crippen LogP contribution in [0, 0.1) is 13.8 Å². The molecule has 0 aliphatic heterocycles. The van der Waals surface area contributed by atoms with Crippen molar-refractivity contribution in [2.75, 3.05) is 13.6 Å². The van der Waals surface area contributed by atoms with Crippen LogP contribution in [0.25, 0.3) is 10.9 Å². The molecule has 2 heterocycles. The molecule has 0 saturated heterocycles. The van der Waals surface area contributed by atoms with Crippen molar-refractivity contribution in [2.45, 2.75) is 26.8 Å². The summed E-state index contributed by atoms with van der Waals surface area (Å²) < 4.78 is 1.91. The number of nitrogens with one attached hydrogen (secondary N) is 2. The van der Waals surface area contributed by atoms with Crippen LogP contribution in [0.4, 0.5) is 0 Å². The zero-order valence-electron chi connectivity index (χ0n) is 16.3. The molecule has 0 aliphatic rings. The van der Waals surface area contributed by atoms with Crippen LogP contribution < -0.4 is 10.6 Å². The zero-order chi connectivity index (χ0) is 18.5. The Kier molecular flexibility index (Phi) is 7.58. The molecule has 0 radical (unpaired) electrons. The highest BCUT2D eigenvalue weighted by Crippen LogP contribution is 2.12. The minimum atomic E-state index is 0. The number of aliphatic imine (C=N–C) groups is 1. The van der Waals surface area contributed by atoms with E-state index in [4.69, 9.17) is 4.98 Å². The van der Waals surface area contributed by atoms with Crippen LogP contribution in [-0.4, -0.2) is 34.3 Å². The molecule has 1 aromatic carbocycles. The average molecular weight is 478 g/mol. The Morgan fingerprint density at radius 1 is 1.11 bits per heavy atom. The maximum atomic E-state index is 4.71. The first-order valence-electron chi connectivity index (χ1n) is 8.86. The fourth-order valence-corrected chi connectivity index (χ4v) is 3.02. The summed E-state index contributed by atoms with van der Waals surface area (Å²) in [5.74, 6) is 0.786. The first-order chi connectivity index (χ1) is 12.6. The van der Waals surface area contributed by atoms with E-state index in [9.17, 15) is 0 Å². The Hall–Kier alpha value is -2.16. The largest absolute Gasteiger partial charge is 0.356 e. The third kappa shape index (κ3) is 5.18. The van der Waals surface area contributed by atoms with E-state index < -0.39 is 0 Å². The lowest BCUT2D eigenvalue weighted by molar-refractivity contribution is 0.728. The lowest BCUT2D eigenvalue weighted by Gasteiger charge is -2.12. The number of halogens is 1. The van der Waals surface area contributed by atoms with E-state index in [2.05, 4.69) is 45.8 Å². The molecule has 2 N–H and O–H groups in total. The second-order valence-electron chi connectivity index (χ2n) is 6.37. The number of guanidine groups is 1. The standard InChI is InChI=1S/C20H26N6.HI/c1-14-18(15(2)26(4)25-14)13-23-20(21-3)22-12-11-17-10-9-16-7-5-6-8-19(16)24-17;/h5-10H,11-13H2,1-4H3,(H2,21,22,23);1H. The van der Waals surface area contributed by atoms with E-state index in [0.717, 1.165) is 35.8 Å². The van der Waals surface area contributed by atoms with Gasteiger partial charge in [-0.2, -0.15) is 5.10 Å². The number of aromatic nitrogens is 3. The third-order valence-electron chi connectivity index (χ3n) is 4.64. The van der Waals surface area contributed by atoms with E-state index >= 15 is 0 Å². The van der Waals surface area contributed by atoms with Gasteiger partial charge in [-0.3, -0.25) is 14.7 Å². The summed E-state index contributed by atoms with van der Waals surface area (Å²) >= 11 is 0. The van der Waals surface area contributed by atoms with E-state index in [1.165, 1.54) is 16.6 Å². The van der Waals surface area contributed by atoms with Gasteiger partial charge in [0.05, 0.1) is 11.2 Å². The van der Waals surface area contributed by atoms with E-state index in [-0.39, 0.29) is 24.0 Å². The summed E-state index contributed by atoms with van der Waals surface area (Å²) in [5.41, 5.74) is 5.55. The van der Waals surface area contributed by atoms with Gasteiger partial charge in [0, 0.05) is 55.9 Å². The van der Waals surface area contributed by atoms with Crippen LogP contribution in [0.2, 0.25) is 0 Å². The first-order valence-corrected chi connectivity index (χ1v) is 8.86. The SMILES string of the molecule is CN=C(NCCc1ccc2ccccc2n1)NCc1c(C)nn(C)c1C.I. The number of aryl methyl sites for hydroxylation is 2. The topological polar surface area (TPSA) is 67.1 Å². The Bertz CT molecular complexity index is 931. The minimum Gasteiger partial charge on any atom is -0.356 e. The molecule has 0 saturated carbocycles. The van der Waals surface area contributed by atoms with Gasteiger partial charge in [0.25, 0.3) is 0 Å². The number of benzene rings is 1. The molecule has 3 rings (SSSR count). The zero-order valence-corrected chi connectivity index (χ0v) is 18.6. The number of para-hydroxylation sites is 1. The van der Waals surface area contributed by atoms with Gasteiger partial charge in [-0.25, -0.2) is 0 Å². The van der Waals surface area contributed by atoms with Crippen LogP contribution >= 0.6 is 24.0 Å². The third-order valence-corrected chi connectivity index (χ3v) is 4.64. The predicted octanol–water partition coefficient (Wildman–Crippen LogP) is 3.11. The monoisotopic (exact) mass is 478 g/mol. The van der Waals surface area contributed by atoms with Gasteiger partial charge in [0.2, 0.25) is 0 Å². The minimum absolute atomic E-state index is 0. The normalized spacial score (nSPS) is 11.3. The maximum Gasteiger partial charge on any atom is 0.191 e. The van der Waals surface area contributed by atoms with Gasteiger partial charge in [-0.1, -0.05) is 24.3 Å². The second kappa shape index (κ2) is 9.68. The van der Waals surface area contributed by atoms with Crippen molar-refractivity contribution < 1.29 is 0 Å². The van der Waals surface area contributed by atoms with Crippen LogP contribution in [-0.2, 0) is 20.0 Å². The highest BCUT2D eigenvalue weighted by atomic mass is 127. The van der Waals surface area contributed by atoms with Crippen molar-refractivity contribution in [2.24, 2.45) is 12.0 Å². The lowest BCUT2D eigenvalue weighted by Crippen LogP contribution is -2.38. The van der Waals surface area contributed by atoms with Crippen LogP contribution in [0.5, 0.6) is 0 Å². The Morgan fingerprint density at radius 2 is 1.89 bits per heavy atom. The summed E-state index contributed by atoms with van der Waals surface area (Å²) in [6.45, 7) is 5.60. The molecule has 6 nitrogen and oxygen atoms in total. The second-order valence-corrected chi connectivity index (χ2v) is 6.37. The summed E-state index contributed by atoms with van der Waals surface area (Å²) in [5, 5.41) is 12.3. The van der Waals surface area contributed by atoms with Crippen molar-refractivity contribution in [1.29, 1.82) is 0 Å². The molecule has 0 aliphatic carbocycles. The number of rotatable bonds is 5. The molecule has 0 amide bonds. The van der Waals surface area contributed by atoms with Gasteiger partial charge in [-0.15, -0.1) is 24.0 Å². The van der Waals surface area contributed by atoms with Crippen molar-refractivity contribution in [3.63, 3.8) is 0 Å². The van der Waals surface area contributed by atoms with Crippen molar-refractivity contribution >= 4 is 40.8 Å². The summed E-state index contributed by atoms with van der Waals surface area (Å²) in [6.07, 6.45) is 0.844. The van der Waals surface area contributed by atoms with Crippen molar-refractivity contribution in [3.8, 4) is 0 Å². The molecule has 0 unspecified atom stereocenters. The molecule has 0 spiro atoms. The quantitative estimate of drug-likeness (QED) is 0.336. The maximum absolute atomic E-state index is 4.71. The van der Waals surface area contributed by atoms with Gasteiger partial charge in [0.1, 0.15) is 0 Å². The molecule has 2 aromatic heterocycles. The Morgan fingerprint density at radius 3 is 2.59 bits per heavy atom. The molecule has 144 valence electrons. The molecule has 7 heteroatoms. The first kappa shape index (κ1) is 21.1. The average Bonchev–Trinajstić information content (AvgIpc) is 2.90. The number of fused-ring (bicyclic) bond motifs is 1. The molecule has 0 fully saturated rings. The molecule has 3 aromatic rings. The molecular weight excluding hydrogens is 451 g/mol. The number of nitrogens with zero attached hydrogens (tertiary/aromatic N) is 4. The van der Waals surface area contributed by atoms with E-state index in [1.807, 2.05) is 36.9 Å². The number of pyridine rings is 1. The summed E-state index contributed by atoms with van der Waals surface area (Å²) in [6, 6.07) is 12.4. The van der Waals surface area contributed by atoms with E-state index in [0.29, 0.717) is 6.54 Å². The van der Waals surface area contributed by atoms with Crippen LogP contribution in [0.15, 0.2) is 41.4 Å².